The summed E-state index contributed by atoms with van der Waals surface area (Å²) in [7, 11) is 6.11. The molecule has 6 aromatic rings. The summed E-state index contributed by atoms with van der Waals surface area (Å²) in [6.45, 7) is 1.11. The van der Waals surface area contributed by atoms with Crippen LogP contribution in [-0.2, 0) is 19.1 Å². The first-order chi connectivity index (χ1) is 31.7. The third-order valence-electron chi connectivity index (χ3n) is 9.66. The van der Waals surface area contributed by atoms with Crippen LogP contribution < -0.4 is 37.6 Å². The smallest absolute Gasteiger partial charge is 0.360 e. The summed E-state index contributed by atoms with van der Waals surface area (Å²) in [5.41, 5.74) is 22.3. The Morgan fingerprint density at radius 3 is 1.58 bits per heavy atom. The number of carbonyl (C=O) groups excluding carboxylic acids is 4. The van der Waals surface area contributed by atoms with E-state index in [-0.39, 0.29) is 46.9 Å². The molecule has 0 aliphatic heterocycles. The van der Waals surface area contributed by atoms with E-state index in [1.807, 2.05) is 18.0 Å². The number of benzene rings is 2. The average molecular weight is 901 g/mol. The number of amides is 2. The molecule has 0 spiro atoms. The molecule has 0 fully saturated rings. The predicted molar refractivity (Wildman–Crippen MR) is 248 cm³/mol. The number of aromatic nitrogens is 6. The standard InChI is InChI=1S/C22H23N7O5.C22H25N7O3/c1-28(17-8-9-24-13-18(17)29(32)33)10-4-7-19(30)26-15-6-3-5-14(11-15)16-12-25-21(23)20(27-16)22(31)34-2;1-29(18-8-9-25-12-16(18)23)10-4-7-19(30)27-15-6-3-5-14(11-15)17-13-26-21(24)20(28-17)22(31)32-2/h3,5-6,8-9,11-13H,4,7,10H2,1-2H3,(H2,23,25)(H,26,30);3,5-6,8-9,11-13H,4,7,10,23H2,1-2H3,(H2,24,26)(H,27,30). The number of pyridine rings is 2. The van der Waals surface area contributed by atoms with Crippen LogP contribution in [0.2, 0.25) is 0 Å². The Hall–Kier alpha value is -8.82. The van der Waals surface area contributed by atoms with Crippen molar-refractivity contribution in [3.05, 3.63) is 119 Å². The summed E-state index contributed by atoms with van der Waals surface area (Å²) in [6.07, 6.45) is 10.5. The summed E-state index contributed by atoms with van der Waals surface area (Å²) in [5, 5.41) is 16.9. The molecule has 0 atom stereocenters. The molecular formula is C44H48N14O8. The number of hydrogen-bond donors (Lipinski definition) is 5. The molecule has 0 saturated heterocycles. The number of hydrogen-bond acceptors (Lipinski definition) is 19. The molecule has 6 rings (SSSR count). The van der Waals surface area contributed by atoms with Crippen LogP contribution in [0.25, 0.3) is 22.5 Å². The zero-order valence-corrected chi connectivity index (χ0v) is 36.5. The van der Waals surface area contributed by atoms with Crippen LogP contribution >= 0.6 is 0 Å². The second-order valence-corrected chi connectivity index (χ2v) is 14.3. The van der Waals surface area contributed by atoms with E-state index >= 15 is 0 Å². The van der Waals surface area contributed by atoms with Crippen LogP contribution in [0, 0.1) is 10.1 Å². The number of nitrogen functional groups attached to an aromatic ring is 3. The summed E-state index contributed by atoms with van der Waals surface area (Å²) in [4.78, 5) is 87.1. The molecule has 0 aliphatic carbocycles. The van der Waals surface area contributed by atoms with Crippen molar-refractivity contribution in [1.82, 2.24) is 29.9 Å². The zero-order valence-electron chi connectivity index (χ0n) is 36.5. The molecule has 0 saturated carbocycles. The number of carbonyl (C=O) groups is 4. The highest BCUT2D eigenvalue weighted by molar-refractivity contribution is 5.94. The van der Waals surface area contributed by atoms with Crippen molar-refractivity contribution in [3.63, 3.8) is 0 Å². The molecule has 4 heterocycles. The Kier molecular flexibility index (Phi) is 16.8. The Bertz CT molecular complexity index is 2700. The van der Waals surface area contributed by atoms with Crippen LogP contribution in [0.1, 0.15) is 46.7 Å². The van der Waals surface area contributed by atoms with Gasteiger partial charge in [-0.2, -0.15) is 0 Å². The van der Waals surface area contributed by atoms with Gasteiger partial charge in [-0.25, -0.2) is 29.5 Å². The maximum Gasteiger partial charge on any atom is 0.360 e. The van der Waals surface area contributed by atoms with Crippen molar-refractivity contribution in [1.29, 1.82) is 0 Å². The maximum atomic E-state index is 12.4. The number of nitro groups is 1. The molecular weight excluding hydrogens is 853 g/mol. The first-order valence-corrected chi connectivity index (χ1v) is 20.1. The van der Waals surface area contributed by atoms with Gasteiger partial charge in [0.1, 0.15) is 11.9 Å². The van der Waals surface area contributed by atoms with Gasteiger partial charge in [0.2, 0.25) is 11.8 Å². The van der Waals surface area contributed by atoms with E-state index in [0.717, 1.165) is 5.69 Å². The fraction of sp³-hybridized carbons (Fsp3) is 0.227. The van der Waals surface area contributed by atoms with E-state index in [2.05, 4.69) is 50.0 Å². The van der Waals surface area contributed by atoms with E-state index < -0.39 is 16.9 Å². The van der Waals surface area contributed by atoms with Crippen molar-refractivity contribution >= 4 is 69.5 Å². The second-order valence-electron chi connectivity index (χ2n) is 14.3. The molecule has 342 valence electrons. The Labute approximate surface area is 378 Å². The highest BCUT2D eigenvalue weighted by Crippen LogP contribution is 2.27. The van der Waals surface area contributed by atoms with Gasteiger partial charge in [-0.1, -0.05) is 24.3 Å². The van der Waals surface area contributed by atoms with E-state index in [0.29, 0.717) is 77.6 Å². The summed E-state index contributed by atoms with van der Waals surface area (Å²) in [6, 6.07) is 17.4. The fourth-order valence-electron chi connectivity index (χ4n) is 6.31. The van der Waals surface area contributed by atoms with Gasteiger partial charge in [0, 0.05) is 74.9 Å². The van der Waals surface area contributed by atoms with Gasteiger partial charge in [-0.05, 0) is 49.2 Å². The quantitative estimate of drug-likeness (QED) is 0.0456. The number of anilines is 7. The zero-order chi connectivity index (χ0) is 47.8. The van der Waals surface area contributed by atoms with Crippen LogP contribution in [-0.4, -0.2) is 100.0 Å². The third-order valence-corrected chi connectivity index (χ3v) is 9.66. The molecule has 2 amide bonds. The average Bonchev–Trinajstić information content (AvgIpc) is 3.31. The molecule has 0 unspecified atom stereocenters. The van der Waals surface area contributed by atoms with Crippen molar-refractivity contribution < 1.29 is 33.6 Å². The van der Waals surface area contributed by atoms with Crippen molar-refractivity contribution in [2.24, 2.45) is 0 Å². The molecule has 22 heteroatoms. The van der Waals surface area contributed by atoms with Crippen LogP contribution in [0.3, 0.4) is 0 Å². The van der Waals surface area contributed by atoms with Gasteiger partial charge in [0.05, 0.1) is 60.5 Å². The lowest BCUT2D eigenvalue weighted by atomic mass is 10.1. The number of esters is 2. The highest BCUT2D eigenvalue weighted by Gasteiger charge is 2.19. The molecule has 2 aromatic carbocycles. The van der Waals surface area contributed by atoms with Crippen molar-refractivity contribution in [3.8, 4) is 22.5 Å². The second kappa shape index (κ2) is 23.0. The number of rotatable bonds is 17. The van der Waals surface area contributed by atoms with Gasteiger partial charge in [-0.3, -0.25) is 29.7 Å². The monoisotopic (exact) mass is 900 g/mol. The van der Waals surface area contributed by atoms with Crippen molar-refractivity contribution in [2.45, 2.75) is 25.7 Å². The van der Waals surface area contributed by atoms with Crippen LogP contribution in [0.15, 0.2) is 97.8 Å². The molecule has 8 N–H and O–H groups in total. The fourth-order valence-corrected chi connectivity index (χ4v) is 6.31. The Morgan fingerprint density at radius 1 is 0.667 bits per heavy atom. The van der Waals surface area contributed by atoms with Gasteiger partial charge >= 0.3 is 17.6 Å². The normalized spacial score (nSPS) is 10.4. The minimum atomic E-state index is -0.696. The van der Waals surface area contributed by atoms with Gasteiger partial charge < -0.3 is 47.1 Å². The van der Waals surface area contributed by atoms with Crippen LogP contribution in [0.4, 0.5) is 45.8 Å². The molecule has 66 heavy (non-hydrogen) atoms. The lowest BCUT2D eigenvalue weighted by molar-refractivity contribution is -0.384. The Morgan fingerprint density at radius 2 is 1.12 bits per heavy atom. The van der Waals surface area contributed by atoms with E-state index in [4.69, 9.17) is 17.2 Å². The molecule has 4 aromatic heterocycles. The van der Waals surface area contributed by atoms with Gasteiger partial charge in [0.15, 0.2) is 23.0 Å². The number of nitrogens with zero attached hydrogens (tertiary/aromatic N) is 9. The highest BCUT2D eigenvalue weighted by atomic mass is 16.6. The maximum absolute atomic E-state index is 12.4. The number of nitrogens with one attached hydrogen (secondary N) is 2. The minimum Gasteiger partial charge on any atom is -0.464 e. The Balaban J connectivity index is 0.000000248. The molecule has 22 nitrogen and oxygen atoms in total. The van der Waals surface area contributed by atoms with Crippen LogP contribution in [0.5, 0.6) is 0 Å². The van der Waals surface area contributed by atoms with E-state index in [1.54, 1.807) is 78.9 Å². The largest absolute Gasteiger partial charge is 0.464 e. The summed E-state index contributed by atoms with van der Waals surface area (Å²) < 4.78 is 9.35. The SMILES string of the molecule is COC(=O)c1nc(-c2cccc(NC(=O)CCCN(C)c3ccncc3N)c2)cnc1N.COC(=O)c1nc(-c2cccc(NC(=O)CCCN(C)c3ccncc3[N+](=O)[O-])c2)cnc1N. The first-order valence-electron chi connectivity index (χ1n) is 20.1. The number of nitrogens with two attached hydrogens (primary N) is 3. The van der Waals surface area contributed by atoms with E-state index in [1.165, 1.54) is 39.0 Å². The molecule has 0 radical (unpaired) electrons. The topological polar surface area (TPSA) is 316 Å². The molecule has 0 bridgehead atoms. The predicted octanol–water partition coefficient (Wildman–Crippen LogP) is 5.02. The third kappa shape index (κ3) is 13.1. The van der Waals surface area contributed by atoms with E-state index in [9.17, 15) is 29.3 Å². The minimum absolute atomic E-state index is 0.0106. The van der Waals surface area contributed by atoms with Gasteiger partial charge in [0.25, 0.3) is 0 Å². The summed E-state index contributed by atoms with van der Waals surface area (Å²) >= 11 is 0. The lowest BCUT2D eigenvalue weighted by Gasteiger charge is -2.20. The lowest BCUT2D eigenvalue weighted by Crippen LogP contribution is -2.21. The number of ether oxygens (including phenoxy) is 2. The molecule has 0 aliphatic rings. The van der Waals surface area contributed by atoms with Crippen molar-refractivity contribution in [2.75, 3.05) is 79.0 Å². The summed E-state index contributed by atoms with van der Waals surface area (Å²) in [5.74, 6) is -1.74. The van der Waals surface area contributed by atoms with Gasteiger partial charge in [-0.15, -0.1) is 0 Å². The first kappa shape index (κ1) is 48.2. The number of methoxy groups -OCH3 is 2.